The molecule has 0 radical (unpaired) electrons. The van der Waals surface area contributed by atoms with Crippen LogP contribution in [0, 0.1) is 0 Å². The highest BCUT2D eigenvalue weighted by atomic mass is 16.2. The van der Waals surface area contributed by atoms with E-state index >= 15 is 0 Å². The minimum absolute atomic E-state index is 0.164. The molecular weight excluding hydrogens is 292 g/mol. The molecule has 0 aromatic carbocycles. The smallest absolute Gasteiger partial charge is 0.287 e. The number of hydrogen-bond acceptors (Lipinski definition) is 3. The maximum absolute atomic E-state index is 12.4. The number of fused-ring (bicyclic) bond motifs is 1. The number of carbonyl (C=O) groups is 2. The van der Waals surface area contributed by atoms with E-state index in [9.17, 15) is 9.59 Å². The third-order valence-electron chi connectivity index (χ3n) is 4.14. The van der Waals surface area contributed by atoms with Crippen molar-refractivity contribution in [3.8, 4) is 0 Å². The van der Waals surface area contributed by atoms with E-state index in [1.165, 1.54) is 0 Å². The van der Waals surface area contributed by atoms with Gasteiger partial charge in [-0.15, -0.1) is 0 Å². The van der Waals surface area contributed by atoms with Gasteiger partial charge < -0.3 is 15.2 Å². The molecule has 6 nitrogen and oxygen atoms in total. The van der Waals surface area contributed by atoms with Crippen molar-refractivity contribution in [2.45, 2.75) is 65.3 Å². The Balaban J connectivity index is 2.14. The summed E-state index contributed by atoms with van der Waals surface area (Å²) in [5, 5.41) is 5.79. The number of amides is 2. The van der Waals surface area contributed by atoms with Gasteiger partial charge in [0.25, 0.3) is 11.8 Å². The molecule has 2 rings (SSSR count). The van der Waals surface area contributed by atoms with E-state index in [0.29, 0.717) is 24.6 Å². The quantitative estimate of drug-likeness (QED) is 0.722. The van der Waals surface area contributed by atoms with Crippen molar-refractivity contribution in [3.05, 3.63) is 17.2 Å². The van der Waals surface area contributed by atoms with Crippen molar-refractivity contribution >= 4 is 11.8 Å². The fourth-order valence-electron chi connectivity index (χ4n) is 2.88. The first-order chi connectivity index (χ1) is 11.2. The number of unbranched alkanes of at least 4 members (excludes halogenated alkanes) is 2. The highest BCUT2D eigenvalue weighted by molar-refractivity contribution is 5.97. The molecule has 2 heterocycles. The highest BCUT2D eigenvalue weighted by Gasteiger charge is 2.27. The molecule has 128 valence electrons. The predicted octanol–water partition coefficient (Wildman–Crippen LogP) is 2.28. The number of nitrogens with zero attached hydrogens (tertiary/aromatic N) is 2. The maximum atomic E-state index is 12.4. The second-order valence-corrected chi connectivity index (χ2v) is 6.06. The minimum Gasteiger partial charge on any atom is -0.351 e. The van der Waals surface area contributed by atoms with Crippen LogP contribution >= 0.6 is 0 Å². The van der Waals surface area contributed by atoms with E-state index in [4.69, 9.17) is 0 Å². The zero-order chi connectivity index (χ0) is 16.7. The molecule has 0 atom stereocenters. The Bertz CT molecular complexity index is 551. The van der Waals surface area contributed by atoms with Crippen LogP contribution < -0.4 is 10.6 Å². The Kier molecular flexibility index (Phi) is 6.62. The Labute approximate surface area is 138 Å². The van der Waals surface area contributed by atoms with Crippen LogP contribution in [0.5, 0.6) is 0 Å². The van der Waals surface area contributed by atoms with Gasteiger partial charge in [-0.25, -0.2) is 4.98 Å². The van der Waals surface area contributed by atoms with E-state index in [1.807, 2.05) is 11.5 Å². The molecule has 0 unspecified atom stereocenters. The predicted molar refractivity (Wildman–Crippen MR) is 89.6 cm³/mol. The number of rotatable bonds is 8. The summed E-state index contributed by atoms with van der Waals surface area (Å²) in [6.45, 7) is 6.20. The molecule has 0 saturated heterocycles. The zero-order valence-electron chi connectivity index (χ0n) is 14.3. The average Bonchev–Trinajstić information content (AvgIpc) is 2.96. The third-order valence-corrected chi connectivity index (χ3v) is 4.14. The Morgan fingerprint density at radius 1 is 1.04 bits per heavy atom. The summed E-state index contributed by atoms with van der Waals surface area (Å²) in [4.78, 5) is 29.1. The van der Waals surface area contributed by atoms with Gasteiger partial charge in [0.1, 0.15) is 5.69 Å². The Hall–Kier alpha value is -1.85. The van der Waals surface area contributed by atoms with Crippen molar-refractivity contribution in [2.75, 3.05) is 13.1 Å². The largest absolute Gasteiger partial charge is 0.351 e. The lowest BCUT2D eigenvalue weighted by molar-refractivity contribution is 0.0937. The van der Waals surface area contributed by atoms with Gasteiger partial charge in [-0.3, -0.25) is 9.59 Å². The van der Waals surface area contributed by atoms with Crippen LogP contribution in [0.2, 0.25) is 0 Å². The second-order valence-electron chi connectivity index (χ2n) is 6.06. The topological polar surface area (TPSA) is 76.0 Å². The van der Waals surface area contributed by atoms with Crippen LogP contribution in [0.15, 0.2) is 0 Å². The van der Waals surface area contributed by atoms with Gasteiger partial charge in [0.15, 0.2) is 5.82 Å². The van der Waals surface area contributed by atoms with Gasteiger partial charge >= 0.3 is 0 Å². The van der Waals surface area contributed by atoms with E-state index < -0.39 is 0 Å². The molecule has 0 aliphatic carbocycles. The molecule has 2 N–H and O–H groups in total. The van der Waals surface area contributed by atoms with E-state index in [0.717, 1.165) is 57.2 Å². The molecule has 6 heteroatoms. The molecule has 2 amide bonds. The standard InChI is InChI=1S/C17H28N4O2/c1-3-5-7-11-19-17(23)15-20-14(16(22)18-10-4-2)13-9-6-8-12-21(13)15/h3-12H2,1-2H3,(H,18,22)(H,19,23). The first kappa shape index (κ1) is 17.5. The van der Waals surface area contributed by atoms with Crippen LogP contribution in [0.25, 0.3) is 0 Å². The number of aromatic nitrogens is 2. The lowest BCUT2D eigenvalue weighted by atomic mass is 10.1. The second kappa shape index (κ2) is 8.70. The normalized spacial score (nSPS) is 13.5. The molecule has 1 aromatic rings. The molecule has 23 heavy (non-hydrogen) atoms. The molecule has 1 aliphatic rings. The lowest BCUT2D eigenvalue weighted by Crippen LogP contribution is -2.28. The van der Waals surface area contributed by atoms with E-state index in [2.05, 4.69) is 22.5 Å². The lowest BCUT2D eigenvalue weighted by Gasteiger charge is -2.17. The van der Waals surface area contributed by atoms with Crippen molar-refractivity contribution < 1.29 is 9.59 Å². The first-order valence-corrected chi connectivity index (χ1v) is 8.84. The van der Waals surface area contributed by atoms with Crippen molar-refractivity contribution in [2.24, 2.45) is 0 Å². The van der Waals surface area contributed by atoms with Gasteiger partial charge in [-0.2, -0.15) is 0 Å². The molecular formula is C17H28N4O2. The van der Waals surface area contributed by atoms with Crippen molar-refractivity contribution in [1.82, 2.24) is 20.2 Å². The number of nitrogens with one attached hydrogen (secondary N) is 2. The molecule has 1 aromatic heterocycles. The third kappa shape index (κ3) is 4.33. The maximum Gasteiger partial charge on any atom is 0.287 e. The first-order valence-electron chi connectivity index (χ1n) is 8.84. The molecule has 0 spiro atoms. The van der Waals surface area contributed by atoms with E-state index in [1.54, 1.807) is 0 Å². The van der Waals surface area contributed by atoms with Gasteiger partial charge in [-0.05, 0) is 32.1 Å². The van der Waals surface area contributed by atoms with Gasteiger partial charge in [0.05, 0.1) is 5.69 Å². The van der Waals surface area contributed by atoms with Crippen molar-refractivity contribution in [3.63, 3.8) is 0 Å². The van der Waals surface area contributed by atoms with Crippen molar-refractivity contribution in [1.29, 1.82) is 0 Å². The Morgan fingerprint density at radius 3 is 2.57 bits per heavy atom. The number of carbonyl (C=O) groups excluding carboxylic acids is 2. The number of hydrogen-bond donors (Lipinski definition) is 2. The van der Waals surface area contributed by atoms with Crippen LogP contribution in [0.4, 0.5) is 0 Å². The van der Waals surface area contributed by atoms with Crippen LogP contribution in [-0.4, -0.2) is 34.5 Å². The molecule has 0 bridgehead atoms. The summed E-state index contributed by atoms with van der Waals surface area (Å²) in [7, 11) is 0. The summed E-state index contributed by atoms with van der Waals surface area (Å²) >= 11 is 0. The minimum atomic E-state index is -0.168. The summed E-state index contributed by atoms with van der Waals surface area (Å²) in [6.07, 6.45) is 6.95. The molecule has 0 fully saturated rings. The summed E-state index contributed by atoms with van der Waals surface area (Å²) < 4.78 is 1.93. The van der Waals surface area contributed by atoms with Gasteiger partial charge in [0, 0.05) is 19.6 Å². The summed E-state index contributed by atoms with van der Waals surface area (Å²) in [5.74, 6) is 0.0548. The summed E-state index contributed by atoms with van der Waals surface area (Å²) in [6, 6.07) is 0. The van der Waals surface area contributed by atoms with Crippen LogP contribution in [0.1, 0.15) is 79.2 Å². The average molecular weight is 320 g/mol. The molecule has 0 saturated carbocycles. The number of imidazole rings is 1. The zero-order valence-corrected chi connectivity index (χ0v) is 14.3. The van der Waals surface area contributed by atoms with Gasteiger partial charge in [0.2, 0.25) is 0 Å². The van der Waals surface area contributed by atoms with Crippen LogP contribution in [0.3, 0.4) is 0 Å². The molecule has 1 aliphatic heterocycles. The van der Waals surface area contributed by atoms with Gasteiger partial charge in [-0.1, -0.05) is 26.7 Å². The fourth-order valence-corrected chi connectivity index (χ4v) is 2.88. The fraction of sp³-hybridized carbons (Fsp3) is 0.706. The Morgan fingerprint density at radius 2 is 1.83 bits per heavy atom. The SMILES string of the molecule is CCCCCNC(=O)c1nc(C(=O)NCCC)c2n1CCCC2. The monoisotopic (exact) mass is 320 g/mol. The summed E-state index contributed by atoms with van der Waals surface area (Å²) in [5.41, 5.74) is 1.33. The highest BCUT2D eigenvalue weighted by Crippen LogP contribution is 2.21. The van der Waals surface area contributed by atoms with E-state index in [-0.39, 0.29) is 11.8 Å². The van der Waals surface area contributed by atoms with Crippen LogP contribution in [-0.2, 0) is 13.0 Å².